The lowest BCUT2D eigenvalue weighted by Gasteiger charge is -2.22. The van der Waals surface area contributed by atoms with Gasteiger partial charge in [-0.3, -0.25) is 9.69 Å². The quantitative estimate of drug-likeness (QED) is 0.643. The predicted octanol–water partition coefficient (Wildman–Crippen LogP) is 3.73. The maximum atomic E-state index is 13.2. The highest BCUT2D eigenvalue weighted by molar-refractivity contribution is 7.22. The highest BCUT2D eigenvalue weighted by atomic mass is 32.1. The van der Waals surface area contributed by atoms with Crippen molar-refractivity contribution in [3.63, 3.8) is 0 Å². The lowest BCUT2D eigenvalue weighted by molar-refractivity contribution is 0.0913. The Labute approximate surface area is 159 Å². The van der Waals surface area contributed by atoms with Crippen molar-refractivity contribution < 1.29 is 14.3 Å². The summed E-state index contributed by atoms with van der Waals surface area (Å²) < 4.78 is 11.9. The second-order valence-electron chi connectivity index (χ2n) is 6.07. The molecule has 8 heteroatoms. The summed E-state index contributed by atoms with van der Waals surface area (Å²) in [7, 11) is 1.62. The maximum absolute atomic E-state index is 13.2. The van der Waals surface area contributed by atoms with Crippen molar-refractivity contribution in [2.75, 3.05) is 25.2 Å². The van der Waals surface area contributed by atoms with E-state index < -0.39 is 0 Å². The fraction of sp³-hybridized carbons (Fsp3) is 0.389. The number of rotatable bonds is 6. The summed E-state index contributed by atoms with van der Waals surface area (Å²) in [6, 6.07) is 7.91. The highest BCUT2D eigenvalue weighted by Gasteiger charge is 2.28. The molecule has 1 fully saturated rings. The van der Waals surface area contributed by atoms with Gasteiger partial charge in [0.1, 0.15) is 10.7 Å². The van der Waals surface area contributed by atoms with Crippen molar-refractivity contribution in [1.82, 2.24) is 9.97 Å². The van der Waals surface area contributed by atoms with E-state index in [1.165, 1.54) is 22.7 Å². The average Bonchev–Trinajstić information content (AvgIpc) is 3.39. The number of fused-ring (bicyclic) bond motifs is 1. The zero-order chi connectivity index (χ0) is 17.9. The predicted molar refractivity (Wildman–Crippen MR) is 103 cm³/mol. The van der Waals surface area contributed by atoms with Gasteiger partial charge in [-0.2, -0.15) is 0 Å². The Morgan fingerprint density at radius 1 is 1.38 bits per heavy atom. The number of benzene rings is 1. The smallest absolute Gasteiger partial charge is 0.279 e. The van der Waals surface area contributed by atoms with E-state index in [0.29, 0.717) is 24.0 Å². The van der Waals surface area contributed by atoms with E-state index >= 15 is 0 Å². The molecule has 136 valence electrons. The zero-order valence-electron chi connectivity index (χ0n) is 14.4. The molecule has 1 saturated heterocycles. The van der Waals surface area contributed by atoms with E-state index in [9.17, 15) is 4.79 Å². The van der Waals surface area contributed by atoms with Crippen LogP contribution in [-0.2, 0) is 16.1 Å². The van der Waals surface area contributed by atoms with Gasteiger partial charge in [0.2, 0.25) is 0 Å². The molecule has 0 radical (unpaired) electrons. The summed E-state index contributed by atoms with van der Waals surface area (Å²) in [6.07, 6.45) is 2.03. The van der Waals surface area contributed by atoms with Crippen LogP contribution in [0.2, 0.25) is 0 Å². The number of aromatic nitrogens is 2. The fourth-order valence-electron chi connectivity index (χ4n) is 2.95. The van der Waals surface area contributed by atoms with Crippen LogP contribution in [0, 0.1) is 0 Å². The molecule has 3 heterocycles. The van der Waals surface area contributed by atoms with Crippen LogP contribution in [0.3, 0.4) is 0 Å². The molecule has 1 aromatic carbocycles. The fourth-order valence-corrected chi connectivity index (χ4v) is 4.66. The number of para-hydroxylation sites is 1. The number of nitrogens with zero attached hydrogens (tertiary/aromatic N) is 3. The van der Waals surface area contributed by atoms with E-state index in [1.807, 2.05) is 24.3 Å². The van der Waals surface area contributed by atoms with E-state index in [2.05, 4.69) is 9.97 Å². The first-order valence-electron chi connectivity index (χ1n) is 8.47. The van der Waals surface area contributed by atoms with Gasteiger partial charge in [-0.1, -0.05) is 23.5 Å². The summed E-state index contributed by atoms with van der Waals surface area (Å²) >= 11 is 2.95. The van der Waals surface area contributed by atoms with Crippen LogP contribution in [0.4, 0.5) is 5.13 Å². The van der Waals surface area contributed by atoms with Crippen LogP contribution in [-0.4, -0.2) is 42.2 Å². The number of methoxy groups -OCH3 is 1. The third-order valence-electron chi connectivity index (χ3n) is 4.21. The number of thiazole rings is 2. The van der Waals surface area contributed by atoms with Crippen molar-refractivity contribution in [3.05, 3.63) is 40.3 Å². The Hall–Kier alpha value is -1.87. The number of hydrogen-bond donors (Lipinski definition) is 0. The Bertz CT molecular complexity index is 869. The SMILES string of the molecule is COCc1nc(C(=O)N(CC2CCCO2)c2nc3ccccc3s2)cs1. The molecule has 1 aliphatic rings. The number of anilines is 1. The molecule has 1 atom stereocenters. The van der Waals surface area contributed by atoms with Gasteiger partial charge in [-0.25, -0.2) is 9.97 Å². The molecule has 2 aromatic heterocycles. The van der Waals surface area contributed by atoms with Crippen LogP contribution in [0.5, 0.6) is 0 Å². The molecule has 6 nitrogen and oxygen atoms in total. The molecule has 1 amide bonds. The Balaban J connectivity index is 1.65. The van der Waals surface area contributed by atoms with Gasteiger partial charge in [0.15, 0.2) is 5.13 Å². The molecule has 0 bridgehead atoms. The van der Waals surface area contributed by atoms with Gasteiger partial charge in [-0.05, 0) is 25.0 Å². The van der Waals surface area contributed by atoms with Crippen LogP contribution in [0.25, 0.3) is 10.2 Å². The van der Waals surface area contributed by atoms with Crippen LogP contribution < -0.4 is 4.90 Å². The van der Waals surface area contributed by atoms with Crippen molar-refractivity contribution in [2.45, 2.75) is 25.6 Å². The number of amides is 1. The molecule has 3 aromatic rings. The van der Waals surface area contributed by atoms with Gasteiger partial charge in [-0.15, -0.1) is 11.3 Å². The number of hydrogen-bond acceptors (Lipinski definition) is 7. The average molecular weight is 390 g/mol. The minimum absolute atomic E-state index is 0.0445. The number of carbonyl (C=O) groups excluding carboxylic acids is 1. The summed E-state index contributed by atoms with van der Waals surface area (Å²) in [5.74, 6) is -0.141. The van der Waals surface area contributed by atoms with E-state index in [-0.39, 0.29) is 12.0 Å². The van der Waals surface area contributed by atoms with Crippen molar-refractivity contribution in [2.24, 2.45) is 0 Å². The van der Waals surface area contributed by atoms with Gasteiger partial charge in [0.25, 0.3) is 5.91 Å². The molecule has 1 aliphatic heterocycles. The van der Waals surface area contributed by atoms with E-state index in [4.69, 9.17) is 9.47 Å². The van der Waals surface area contributed by atoms with Crippen molar-refractivity contribution in [1.29, 1.82) is 0 Å². The van der Waals surface area contributed by atoms with E-state index in [1.54, 1.807) is 17.4 Å². The third-order valence-corrected chi connectivity index (χ3v) is 6.09. The van der Waals surface area contributed by atoms with Gasteiger partial charge in [0, 0.05) is 19.1 Å². The molecule has 0 aliphatic carbocycles. The zero-order valence-corrected chi connectivity index (χ0v) is 16.0. The van der Waals surface area contributed by atoms with Crippen molar-refractivity contribution in [3.8, 4) is 0 Å². The van der Waals surface area contributed by atoms with E-state index in [0.717, 1.165) is 34.7 Å². The summed E-state index contributed by atoms with van der Waals surface area (Å²) in [5, 5.41) is 3.26. The minimum Gasteiger partial charge on any atom is -0.378 e. The lowest BCUT2D eigenvalue weighted by Crippen LogP contribution is -2.37. The molecule has 26 heavy (non-hydrogen) atoms. The monoisotopic (exact) mass is 389 g/mol. The molecule has 4 rings (SSSR count). The normalized spacial score (nSPS) is 17.0. The van der Waals surface area contributed by atoms with Gasteiger partial charge in [0.05, 0.1) is 29.5 Å². The lowest BCUT2D eigenvalue weighted by atomic mass is 10.2. The van der Waals surface area contributed by atoms with Gasteiger partial charge < -0.3 is 9.47 Å². The van der Waals surface area contributed by atoms with Crippen LogP contribution in [0.1, 0.15) is 28.3 Å². The molecule has 0 N–H and O–H groups in total. The second kappa shape index (κ2) is 7.79. The largest absolute Gasteiger partial charge is 0.378 e. The minimum atomic E-state index is -0.141. The molecule has 0 saturated carbocycles. The van der Waals surface area contributed by atoms with Gasteiger partial charge >= 0.3 is 0 Å². The first-order chi connectivity index (χ1) is 12.7. The standard InChI is InChI=1S/C18H19N3O3S2/c1-23-10-16-19-14(11-25-16)17(22)21(9-12-5-4-8-24-12)18-20-13-6-2-3-7-15(13)26-18/h2-3,6-7,11-12H,4-5,8-10H2,1H3. The second-order valence-corrected chi connectivity index (χ2v) is 8.03. The molecular weight excluding hydrogens is 370 g/mol. The topological polar surface area (TPSA) is 64.5 Å². The summed E-state index contributed by atoms with van der Waals surface area (Å²) in [4.78, 5) is 24.0. The van der Waals surface area contributed by atoms with Crippen molar-refractivity contribution >= 4 is 43.9 Å². The highest BCUT2D eigenvalue weighted by Crippen LogP contribution is 2.31. The van der Waals surface area contributed by atoms with Crippen LogP contribution in [0.15, 0.2) is 29.6 Å². The van der Waals surface area contributed by atoms with Crippen LogP contribution >= 0.6 is 22.7 Å². The molecular formula is C18H19N3O3S2. The molecule has 0 spiro atoms. The Kier molecular flexibility index (Phi) is 5.26. The Morgan fingerprint density at radius 3 is 3.04 bits per heavy atom. The maximum Gasteiger partial charge on any atom is 0.279 e. The molecule has 1 unspecified atom stereocenters. The first-order valence-corrected chi connectivity index (χ1v) is 10.2. The summed E-state index contributed by atoms with van der Waals surface area (Å²) in [6.45, 7) is 1.65. The Morgan fingerprint density at radius 2 is 2.27 bits per heavy atom. The third kappa shape index (κ3) is 3.64. The number of ether oxygens (including phenoxy) is 2. The first kappa shape index (κ1) is 17.5. The summed E-state index contributed by atoms with van der Waals surface area (Å²) in [5.41, 5.74) is 1.33. The number of carbonyl (C=O) groups is 1.